The van der Waals surface area contributed by atoms with Gasteiger partial charge in [0, 0.05) is 0 Å². The van der Waals surface area contributed by atoms with E-state index in [9.17, 15) is 4.79 Å². The molecule has 0 radical (unpaired) electrons. The summed E-state index contributed by atoms with van der Waals surface area (Å²) in [6.07, 6.45) is 4.79. The topological polar surface area (TPSA) is 37.3 Å². The van der Waals surface area contributed by atoms with Crippen molar-refractivity contribution in [2.45, 2.75) is 26.7 Å². The van der Waals surface area contributed by atoms with Crippen LogP contribution in [0.25, 0.3) is 0 Å². The molecule has 0 fully saturated rings. The summed E-state index contributed by atoms with van der Waals surface area (Å²) in [5.74, 6) is -0.447. The van der Waals surface area contributed by atoms with Crippen molar-refractivity contribution in [1.82, 2.24) is 0 Å². The lowest BCUT2D eigenvalue weighted by Gasteiger charge is -2.21. The van der Waals surface area contributed by atoms with Crippen molar-refractivity contribution < 1.29 is 9.90 Å². The number of carboxylic acids is 1. The van der Waals surface area contributed by atoms with Gasteiger partial charge in [0.05, 0.1) is 5.41 Å². The van der Waals surface area contributed by atoms with E-state index in [0.717, 1.165) is 6.42 Å². The van der Waals surface area contributed by atoms with E-state index in [4.69, 9.17) is 5.11 Å². The summed E-state index contributed by atoms with van der Waals surface area (Å²) in [4.78, 5) is 10.9. The van der Waals surface area contributed by atoms with Crippen LogP contribution in [0.15, 0.2) is 25.3 Å². The van der Waals surface area contributed by atoms with Crippen LogP contribution in [0.5, 0.6) is 0 Å². The van der Waals surface area contributed by atoms with E-state index in [1.807, 2.05) is 13.0 Å². The largest absolute Gasteiger partial charge is 0.481 e. The summed E-state index contributed by atoms with van der Waals surface area (Å²) in [5, 5.41) is 8.92. The summed E-state index contributed by atoms with van der Waals surface area (Å²) < 4.78 is 0. The normalized spacial score (nSPS) is 17.1. The van der Waals surface area contributed by atoms with Gasteiger partial charge in [-0.15, -0.1) is 13.2 Å². The third-order valence-corrected chi connectivity index (χ3v) is 2.46. The smallest absolute Gasteiger partial charge is 0.313 e. The van der Waals surface area contributed by atoms with Gasteiger partial charge in [-0.3, -0.25) is 4.79 Å². The van der Waals surface area contributed by atoms with E-state index in [2.05, 4.69) is 13.2 Å². The maximum atomic E-state index is 10.9. The second kappa shape index (κ2) is 4.85. The lowest BCUT2D eigenvalue weighted by atomic mass is 9.83. The molecule has 0 aromatic carbocycles. The predicted octanol–water partition coefficient (Wildman–Crippen LogP) is 2.87. The molecule has 0 aromatic rings. The Bertz CT molecular complexity index is 208. The second-order valence-corrected chi connectivity index (χ2v) is 3.68. The molecule has 0 aliphatic carbocycles. The average molecular weight is 182 g/mol. The second-order valence-electron chi connectivity index (χ2n) is 3.68. The fraction of sp³-hybridized carbons (Fsp3) is 0.545. The molecule has 0 heterocycles. The van der Waals surface area contributed by atoms with E-state index in [1.54, 1.807) is 6.92 Å². The molecule has 2 atom stereocenters. The minimum Gasteiger partial charge on any atom is -0.481 e. The van der Waals surface area contributed by atoms with Crippen molar-refractivity contribution in [3.05, 3.63) is 25.3 Å². The molecule has 2 nitrogen and oxygen atoms in total. The summed E-state index contributed by atoms with van der Waals surface area (Å²) in [5.41, 5.74) is -0.794. The zero-order chi connectivity index (χ0) is 10.5. The van der Waals surface area contributed by atoms with Gasteiger partial charge in [-0.2, -0.15) is 0 Å². The van der Waals surface area contributed by atoms with Gasteiger partial charge in [0.2, 0.25) is 0 Å². The molecule has 13 heavy (non-hydrogen) atoms. The molecule has 2 heteroatoms. The van der Waals surface area contributed by atoms with Crippen molar-refractivity contribution in [2.75, 3.05) is 0 Å². The summed E-state index contributed by atoms with van der Waals surface area (Å²) >= 11 is 0. The van der Waals surface area contributed by atoms with Gasteiger partial charge in [-0.25, -0.2) is 0 Å². The van der Waals surface area contributed by atoms with Crippen molar-refractivity contribution in [3.63, 3.8) is 0 Å². The first-order valence-corrected chi connectivity index (χ1v) is 4.46. The Labute approximate surface area is 80.0 Å². The van der Waals surface area contributed by atoms with Crippen molar-refractivity contribution in [1.29, 1.82) is 0 Å². The van der Waals surface area contributed by atoms with Crippen LogP contribution < -0.4 is 0 Å². The third-order valence-electron chi connectivity index (χ3n) is 2.46. The number of hydrogen-bond acceptors (Lipinski definition) is 1. The number of allylic oxidation sites excluding steroid dienone is 1. The molecular formula is C11H18O2. The quantitative estimate of drug-likeness (QED) is 0.641. The molecule has 0 spiro atoms. The van der Waals surface area contributed by atoms with E-state index in [1.165, 1.54) is 6.08 Å². The maximum Gasteiger partial charge on any atom is 0.313 e. The molecule has 0 aromatic heterocycles. The highest BCUT2D eigenvalue weighted by atomic mass is 16.4. The Balaban J connectivity index is 4.21. The first-order chi connectivity index (χ1) is 5.96. The first-order valence-electron chi connectivity index (χ1n) is 4.46. The van der Waals surface area contributed by atoms with Crippen LogP contribution in [-0.4, -0.2) is 11.1 Å². The minimum atomic E-state index is -0.807. The maximum absolute atomic E-state index is 10.9. The van der Waals surface area contributed by atoms with Gasteiger partial charge < -0.3 is 5.11 Å². The highest BCUT2D eigenvalue weighted by Gasteiger charge is 2.28. The monoisotopic (exact) mass is 182 g/mol. The number of carbonyl (C=O) groups is 1. The Morgan fingerprint density at radius 2 is 2.15 bits per heavy atom. The van der Waals surface area contributed by atoms with Gasteiger partial charge >= 0.3 is 5.97 Å². The highest BCUT2D eigenvalue weighted by Crippen LogP contribution is 2.27. The molecular weight excluding hydrogens is 164 g/mol. The first kappa shape index (κ1) is 11.9. The molecule has 0 rings (SSSR count). The zero-order valence-corrected chi connectivity index (χ0v) is 8.42. The van der Waals surface area contributed by atoms with Crippen molar-refractivity contribution >= 4 is 5.97 Å². The standard InChI is InChI=1S/C11H18O2/c1-5-9(3)7-8-11(4,6-2)10(12)13/h5-6,9H,1-2,7-8H2,3-4H3,(H,12,13). The summed E-state index contributed by atoms with van der Waals surface area (Å²) in [6, 6.07) is 0. The third kappa shape index (κ3) is 3.45. The molecule has 0 saturated heterocycles. The Hall–Kier alpha value is -1.05. The molecule has 0 aliphatic heterocycles. The fourth-order valence-corrected chi connectivity index (χ4v) is 0.942. The Morgan fingerprint density at radius 3 is 2.46 bits per heavy atom. The van der Waals surface area contributed by atoms with Gasteiger partial charge in [0.15, 0.2) is 0 Å². The average Bonchev–Trinajstić information content (AvgIpc) is 2.13. The molecule has 0 aliphatic rings. The lowest BCUT2D eigenvalue weighted by molar-refractivity contribution is -0.145. The zero-order valence-electron chi connectivity index (χ0n) is 8.42. The molecule has 2 unspecified atom stereocenters. The Kier molecular flexibility index (Phi) is 4.46. The minimum absolute atomic E-state index is 0.360. The van der Waals surface area contributed by atoms with E-state index < -0.39 is 11.4 Å². The summed E-state index contributed by atoms with van der Waals surface area (Å²) in [7, 11) is 0. The van der Waals surface area contributed by atoms with Crippen LogP contribution in [0.3, 0.4) is 0 Å². The number of hydrogen-bond donors (Lipinski definition) is 1. The molecule has 0 amide bonds. The van der Waals surface area contributed by atoms with Crippen LogP contribution in [0, 0.1) is 11.3 Å². The number of carboxylic acid groups (broad SMARTS) is 1. The highest BCUT2D eigenvalue weighted by molar-refractivity contribution is 5.76. The van der Waals surface area contributed by atoms with Crippen molar-refractivity contribution in [3.8, 4) is 0 Å². The van der Waals surface area contributed by atoms with E-state index >= 15 is 0 Å². The molecule has 0 bridgehead atoms. The van der Waals surface area contributed by atoms with Gasteiger partial charge in [0.25, 0.3) is 0 Å². The van der Waals surface area contributed by atoms with Gasteiger partial charge in [-0.1, -0.05) is 19.1 Å². The van der Waals surface area contributed by atoms with Crippen LogP contribution >= 0.6 is 0 Å². The van der Waals surface area contributed by atoms with Crippen LogP contribution in [0.2, 0.25) is 0 Å². The Morgan fingerprint density at radius 1 is 1.62 bits per heavy atom. The van der Waals surface area contributed by atoms with Crippen LogP contribution in [0.1, 0.15) is 26.7 Å². The lowest BCUT2D eigenvalue weighted by Crippen LogP contribution is -2.25. The van der Waals surface area contributed by atoms with Crippen LogP contribution in [-0.2, 0) is 4.79 Å². The molecule has 74 valence electrons. The van der Waals surface area contributed by atoms with Crippen molar-refractivity contribution in [2.24, 2.45) is 11.3 Å². The molecule has 1 N–H and O–H groups in total. The SMILES string of the molecule is C=CC(C)CCC(C)(C=C)C(=O)O. The number of aliphatic carboxylic acids is 1. The van der Waals surface area contributed by atoms with E-state index in [-0.39, 0.29) is 0 Å². The predicted molar refractivity (Wildman–Crippen MR) is 54.5 cm³/mol. The van der Waals surface area contributed by atoms with Gasteiger partial charge in [0.1, 0.15) is 0 Å². The number of rotatable bonds is 6. The molecule has 0 saturated carbocycles. The van der Waals surface area contributed by atoms with E-state index in [0.29, 0.717) is 12.3 Å². The summed E-state index contributed by atoms with van der Waals surface area (Å²) in [6.45, 7) is 10.9. The fourth-order valence-electron chi connectivity index (χ4n) is 0.942. The van der Waals surface area contributed by atoms with Gasteiger partial charge in [-0.05, 0) is 25.7 Å². The van der Waals surface area contributed by atoms with Crippen LogP contribution in [0.4, 0.5) is 0 Å².